The molecule has 0 saturated heterocycles. The zero-order valence-electron chi connectivity index (χ0n) is 8.77. The number of hydrogen-bond donors (Lipinski definition) is 1. The van der Waals surface area contributed by atoms with Crippen molar-refractivity contribution >= 4 is 38.2 Å². The fourth-order valence-corrected chi connectivity index (χ4v) is 1.92. The summed E-state index contributed by atoms with van der Waals surface area (Å²) in [6.07, 6.45) is 0. The maximum atomic E-state index is 11.6. The second kappa shape index (κ2) is 4.03. The van der Waals surface area contributed by atoms with Gasteiger partial charge in [0.2, 0.25) is 5.91 Å². The normalized spacial score (nSPS) is 11.5. The van der Waals surface area contributed by atoms with Crippen molar-refractivity contribution in [2.24, 2.45) is 0 Å². The summed E-state index contributed by atoms with van der Waals surface area (Å²) in [6.45, 7) is 7.75. The fourth-order valence-electron chi connectivity index (χ4n) is 0.895. The lowest BCUT2D eigenvalue weighted by molar-refractivity contribution is -0.117. The standard InChI is InChI=1S/C10H14BrNOS/c1-6-5-8(14-7(6)2)12-9(13)10(3,4)11/h5H,1-4H3,(H,12,13). The van der Waals surface area contributed by atoms with Crippen molar-refractivity contribution in [2.45, 2.75) is 32.0 Å². The zero-order valence-corrected chi connectivity index (χ0v) is 11.2. The summed E-state index contributed by atoms with van der Waals surface area (Å²) < 4.78 is -0.515. The Labute approximate surface area is 96.8 Å². The Hall–Kier alpha value is -0.350. The molecule has 14 heavy (non-hydrogen) atoms. The van der Waals surface area contributed by atoms with Gasteiger partial charge in [-0.2, -0.15) is 0 Å². The van der Waals surface area contributed by atoms with Gasteiger partial charge < -0.3 is 5.32 Å². The molecule has 0 radical (unpaired) electrons. The number of amides is 1. The van der Waals surface area contributed by atoms with Gasteiger partial charge in [-0.15, -0.1) is 11.3 Å². The van der Waals surface area contributed by atoms with E-state index in [1.807, 2.05) is 26.8 Å². The van der Waals surface area contributed by atoms with Crippen LogP contribution in [0, 0.1) is 13.8 Å². The Balaban J connectivity index is 2.75. The molecule has 0 fully saturated rings. The van der Waals surface area contributed by atoms with Gasteiger partial charge in [-0.3, -0.25) is 4.79 Å². The molecule has 0 bridgehead atoms. The molecule has 0 spiro atoms. The lowest BCUT2D eigenvalue weighted by Gasteiger charge is -2.14. The number of hydrogen-bond acceptors (Lipinski definition) is 2. The van der Waals surface area contributed by atoms with Crippen LogP contribution in [0.5, 0.6) is 0 Å². The van der Waals surface area contributed by atoms with Crippen LogP contribution in [-0.2, 0) is 4.79 Å². The molecule has 0 aliphatic carbocycles. The number of nitrogens with one attached hydrogen (secondary N) is 1. The highest BCUT2D eigenvalue weighted by Gasteiger charge is 2.23. The number of carbonyl (C=O) groups is 1. The lowest BCUT2D eigenvalue weighted by Crippen LogP contribution is -2.30. The van der Waals surface area contributed by atoms with E-state index < -0.39 is 4.32 Å². The Bertz CT molecular complexity index is 332. The minimum Gasteiger partial charge on any atom is -0.316 e. The van der Waals surface area contributed by atoms with E-state index in [1.54, 1.807) is 11.3 Å². The number of aryl methyl sites for hydroxylation is 2. The van der Waals surface area contributed by atoms with E-state index in [2.05, 4.69) is 28.2 Å². The molecular formula is C10H14BrNOS. The van der Waals surface area contributed by atoms with Crippen LogP contribution < -0.4 is 5.32 Å². The van der Waals surface area contributed by atoms with Crippen molar-refractivity contribution in [3.63, 3.8) is 0 Å². The van der Waals surface area contributed by atoms with Gasteiger partial charge in [0.15, 0.2) is 0 Å². The number of alkyl halides is 1. The van der Waals surface area contributed by atoms with Crippen LogP contribution in [-0.4, -0.2) is 10.2 Å². The van der Waals surface area contributed by atoms with Gasteiger partial charge in [-0.1, -0.05) is 15.9 Å². The summed E-state index contributed by atoms with van der Waals surface area (Å²) in [4.78, 5) is 12.8. The van der Waals surface area contributed by atoms with Gasteiger partial charge in [0.05, 0.1) is 9.33 Å². The Morgan fingerprint density at radius 3 is 2.43 bits per heavy atom. The molecule has 1 rings (SSSR count). The van der Waals surface area contributed by atoms with Crippen molar-refractivity contribution < 1.29 is 4.79 Å². The Kier molecular flexibility index (Phi) is 3.37. The van der Waals surface area contributed by atoms with Gasteiger partial charge in [0, 0.05) is 4.88 Å². The molecule has 1 heterocycles. The summed E-state index contributed by atoms with van der Waals surface area (Å²) in [6, 6.07) is 2.00. The molecule has 0 unspecified atom stereocenters. The number of rotatable bonds is 2. The van der Waals surface area contributed by atoms with Crippen LogP contribution in [0.3, 0.4) is 0 Å². The van der Waals surface area contributed by atoms with E-state index in [1.165, 1.54) is 10.4 Å². The molecule has 2 nitrogen and oxygen atoms in total. The molecule has 78 valence electrons. The van der Waals surface area contributed by atoms with E-state index >= 15 is 0 Å². The summed E-state index contributed by atoms with van der Waals surface area (Å²) >= 11 is 4.93. The third kappa shape index (κ3) is 2.82. The van der Waals surface area contributed by atoms with Crippen molar-refractivity contribution in [3.05, 3.63) is 16.5 Å². The van der Waals surface area contributed by atoms with Gasteiger partial charge >= 0.3 is 0 Å². The first kappa shape index (κ1) is 11.7. The molecule has 1 N–H and O–H groups in total. The van der Waals surface area contributed by atoms with E-state index in [-0.39, 0.29) is 5.91 Å². The van der Waals surface area contributed by atoms with Crippen molar-refractivity contribution in [1.82, 2.24) is 0 Å². The monoisotopic (exact) mass is 275 g/mol. The minimum atomic E-state index is -0.515. The SMILES string of the molecule is Cc1cc(NC(=O)C(C)(C)Br)sc1C. The van der Waals surface area contributed by atoms with Gasteiger partial charge in [0.1, 0.15) is 0 Å². The third-order valence-corrected chi connectivity index (χ3v) is 3.37. The molecule has 4 heteroatoms. The molecule has 1 aromatic heterocycles. The summed E-state index contributed by atoms with van der Waals surface area (Å²) in [5, 5.41) is 3.79. The Morgan fingerprint density at radius 1 is 1.50 bits per heavy atom. The predicted octanol–water partition coefficient (Wildman–Crippen LogP) is 3.48. The molecule has 0 aromatic carbocycles. The fraction of sp³-hybridized carbons (Fsp3) is 0.500. The number of anilines is 1. The predicted molar refractivity (Wildman–Crippen MR) is 65.4 cm³/mol. The van der Waals surface area contributed by atoms with Crippen molar-refractivity contribution in [3.8, 4) is 0 Å². The highest BCUT2D eigenvalue weighted by Crippen LogP contribution is 2.27. The summed E-state index contributed by atoms with van der Waals surface area (Å²) in [5.41, 5.74) is 1.22. The molecule has 0 saturated carbocycles. The first-order valence-corrected chi connectivity index (χ1v) is 5.99. The van der Waals surface area contributed by atoms with Crippen LogP contribution >= 0.6 is 27.3 Å². The Morgan fingerprint density at radius 2 is 2.07 bits per heavy atom. The third-order valence-electron chi connectivity index (χ3n) is 1.94. The molecule has 0 atom stereocenters. The molecule has 0 aliphatic rings. The van der Waals surface area contributed by atoms with Crippen LogP contribution in [0.15, 0.2) is 6.07 Å². The number of halogens is 1. The van der Waals surface area contributed by atoms with Gasteiger partial charge in [-0.05, 0) is 39.3 Å². The lowest BCUT2D eigenvalue weighted by atomic mass is 10.2. The number of thiophene rings is 1. The highest BCUT2D eigenvalue weighted by molar-refractivity contribution is 9.10. The van der Waals surface area contributed by atoms with Gasteiger partial charge in [-0.25, -0.2) is 0 Å². The number of carbonyl (C=O) groups excluding carboxylic acids is 1. The average molecular weight is 276 g/mol. The van der Waals surface area contributed by atoms with E-state index in [9.17, 15) is 4.79 Å². The van der Waals surface area contributed by atoms with Crippen molar-refractivity contribution in [1.29, 1.82) is 0 Å². The van der Waals surface area contributed by atoms with E-state index in [0.29, 0.717) is 0 Å². The molecule has 1 aromatic rings. The minimum absolute atomic E-state index is 0.0150. The summed E-state index contributed by atoms with van der Waals surface area (Å²) in [7, 11) is 0. The van der Waals surface area contributed by atoms with E-state index in [4.69, 9.17) is 0 Å². The van der Waals surface area contributed by atoms with E-state index in [0.717, 1.165) is 5.00 Å². The highest BCUT2D eigenvalue weighted by atomic mass is 79.9. The first-order valence-electron chi connectivity index (χ1n) is 4.38. The summed E-state index contributed by atoms with van der Waals surface area (Å²) in [5.74, 6) is -0.0150. The maximum Gasteiger partial charge on any atom is 0.241 e. The first-order chi connectivity index (χ1) is 6.30. The topological polar surface area (TPSA) is 29.1 Å². The van der Waals surface area contributed by atoms with Crippen LogP contribution in [0.25, 0.3) is 0 Å². The van der Waals surface area contributed by atoms with Crippen LogP contribution in [0.4, 0.5) is 5.00 Å². The van der Waals surface area contributed by atoms with Crippen LogP contribution in [0.2, 0.25) is 0 Å². The zero-order chi connectivity index (χ0) is 10.9. The second-order valence-electron chi connectivity index (χ2n) is 3.78. The molecular weight excluding hydrogens is 262 g/mol. The molecule has 1 amide bonds. The smallest absolute Gasteiger partial charge is 0.241 e. The second-order valence-corrected chi connectivity index (χ2v) is 7.02. The van der Waals surface area contributed by atoms with Gasteiger partial charge in [0.25, 0.3) is 0 Å². The maximum absolute atomic E-state index is 11.6. The van der Waals surface area contributed by atoms with Crippen LogP contribution in [0.1, 0.15) is 24.3 Å². The largest absolute Gasteiger partial charge is 0.316 e. The quantitative estimate of drug-likeness (QED) is 0.823. The molecule has 0 aliphatic heterocycles. The average Bonchev–Trinajstić information content (AvgIpc) is 2.29. The van der Waals surface area contributed by atoms with Crippen molar-refractivity contribution in [2.75, 3.05) is 5.32 Å².